The number of amides is 2. The van der Waals surface area contributed by atoms with Crippen molar-refractivity contribution in [1.29, 1.82) is 0 Å². The average Bonchev–Trinajstić information content (AvgIpc) is 3.42. The summed E-state index contributed by atoms with van der Waals surface area (Å²) in [5, 5.41) is 12.2. The Labute approximate surface area is 232 Å². The van der Waals surface area contributed by atoms with Gasteiger partial charge in [-0.2, -0.15) is 0 Å². The van der Waals surface area contributed by atoms with Gasteiger partial charge in [-0.3, -0.25) is 14.4 Å². The minimum atomic E-state index is -1.08. The Morgan fingerprint density at radius 1 is 1.13 bits per heavy atom. The number of nitrogens with zero attached hydrogens (tertiary/aromatic N) is 2. The molecule has 3 unspecified atom stereocenters. The minimum Gasteiger partial charge on any atom is -0.466 e. The molecule has 0 aromatic heterocycles. The quantitative estimate of drug-likeness (QED) is 0.289. The summed E-state index contributed by atoms with van der Waals surface area (Å²) in [6.07, 6.45) is 3.61. The van der Waals surface area contributed by atoms with Crippen LogP contribution in [0.15, 0.2) is 24.3 Å². The topological polar surface area (TPSA) is 108 Å². The third-order valence-corrected chi connectivity index (χ3v) is 9.17. The molecule has 0 saturated carbocycles. The van der Waals surface area contributed by atoms with Crippen LogP contribution in [0.5, 0.6) is 0 Å². The van der Waals surface area contributed by atoms with Gasteiger partial charge in [-0.1, -0.05) is 19.8 Å². The molecular formula is C30H45N3O6. The maximum atomic E-state index is 14.0. The van der Waals surface area contributed by atoms with Gasteiger partial charge in [-0.05, 0) is 77.1 Å². The van der Waals surface area contributed by atoms with Gasteiger partial charge in [0, 0.05) is 37.6 Å². The molecule has 1 aromatic carbocycles. The molecule has 0 radical (unpaired) electrons. The predicted octanol–water partition coefficient (Wildman–Crippen LogP) is 3.60. The van der Waals surface area contributed by atoms with Gasteiger partial charge in [-0.15, -0.1) is 0 Å². The molecule has 2 bridgehead atoms. The molecule has 3 saturated heterocycles. The number of aliphatic hydroxyl groups is 1. The summed E-state index contributed by atoms with van der Waals surface area (Å²) in [6, 6.07) is 6.89. The zero-order valence-electron chi connectivity index (χ0n) is 24.1. The first kappa shape index (κ1) is 29.3. The second-order valence-electron chi connectivity index (χ2n) is 11.3. The molecule has 0 aliphatic carbocycles. The van der Waals surface area contributed by atoms with E-state index in [9.17, 15) is 14.4 Å². The summed E-state index contributed by atoms with van der Waals surface area (Å²) in [4.78, 5) is 45.1. The number of hydrogen-bond donors (Lipinski definition) is 2. The molecule has 3 aliphatic heterocycles. The second kappa shape index (κ2) is 11.8. The Balaban J connectivity index is 1.64. The van der Waals surface area contributed by atoms with E-state index in [1.165, 1.54) is 0 Å². The van der Waals surface area contributed by atoms with E-state index >= 15 is 0 Å². The smallest absolute Gasteiger partial charge is 0.312 e. The number of anilines is 2. The van der Waals surface area contributed by atoms with E-state index < -0.39 is 35.0 Å². The standard InChI is InChI=1S/C30H45N3O6/c1-6-32(7-2)22-15-13-21(14-16-22)31-26(35)25-30-19-20(4)29(5,39-30)24(28(37)38-8-3)23(30)27(36)33(25)17-11-9-10-12-18-34/h13-16,20,23-25,34H,6-12,17-19H2,1-5H3,(H,31,35)/t20?,23-,24+,25?,29-,30?/m0/s1. The summed E-state index contributed by atoms with van der Waals surface area (Å²) in [6.45, 7) is 12.4. The molecule has 3 aliphatic rings. The SMILES string of the molecule is CCOC(=O)[C@H]1[C@H]2C(=O)N(CCCCCCO)C(C(=O)Nc3ccc(N(CC)CC)cc3)C23CC(C)[C@]1(C)O3. The largest absolute Gasteiger partial charge is 0.466 e. The Morgan fingerprint density at radius 3 is 2.41 bits per heavy atom. The van der Waals surface area contributed by atoms with Crippen molar-refractivity contribution in [1.82, 2.24) is 4.90 Å². The molecule has 1 spiro atoms. The molecule has 216 valence electrons. The van der Waals surface area contributed by atoms with Crippen molar-refractivity contribution in [2.24, 2.45) is 17.8 Å². The highest BCUT2D eigenvalue weighted by atomic mass is 16.6. The number of hydrogen-bond acceptors (Lipinski definition) is 7. The lowest BCUT2D eigenvalue weighted by molar-refractivity contribution is -0.160. The molecule has 4 rings (SSSR count). The van der Waals surface area contributed by atoms with Crippen molar-refractivity contribution >= 4 is 29.2 Å². The number of fused-ring (bicyclic) bond motifs is 1. The van der Waals surface area contributed by atoms with E-state index in [4.69, 9.17) is 14.6 Å². The van der Waals surface area contributed by atoms with Crippen LogP contribution in [0, 0.1) is 17.8 Å². The number of unbranched alkanes of at least 4 members (excludes halogenated alkanes) is 3. The number of likely N-dealkylation sites (tertiary alicyclic amines) is 1. The van der Waals surface area contributed by atoms with E-state index in [0.29, 0.717) is 31.5 Å². The van der Waals surface area contributed by atoms with Gasteiger partial charge < -0.3 is 29.7 Å². The first-order valence-corrected chi connectivity index (χ1v) is 14.6. The third kappa shape index (κ3) is 5.04. The van der Waals surface area contributed by atoms with Crippen molar-refractivity contribution in [3.63, 3.8) is 0 Å². The molecule has 39 heavy (non-hydrogen) atoms. The first-order chi connectivity index (χ1) is 18.7. The van der Waals surface area contributed by atoms with Gasteiger partial charge in [0.2, 0.25) is 11.8 Å². The van der Waals surface area contributed by atoms with Gasteiger partial charge in [0.15, 0.2) is 0 Å². The lowest BCUT2D eigenvalue weighted by Gasteiger charge is -2.35. The third-order valence-electron chi connectivity index (χ3n) is 9.17. The van der Waals surface area contributed by atoms with Crippen LogP contribution in [0.3, 0.4) is 0 Å². The van der Waals surface area contributed by atoms with Gasteiger partial charge in [-0.25, -0.2) is 0 Å². The number of carbonyl (C=O) groups is 3. The number of carbonyl (C=O) groups excluding carboxylic acids is 3. The van der Waals surface area contributed by atoms with E-state index in [2.05, 4.69) is 24.1 Å². The van der Waals surface area contributed by atoms with E-state index in [-0.39, 0.29) is 30.9 Å². The Kier molecular flexibility index (Phi) is 8.91. The number of nitrogens with one attached hydrogen (secondary N) is 1. The van der Waals surface area contributed by atoms with Crippen molar-refractivity contribution < 1.29 is 29.0 Å². The number of rotatable bonds is 13. The zero-order chi connectivity index (χ0) is 28.4. The highest BCUT2D eigenvalue weighted by Gasteiger charge is 2.80. The van der Waals surface area contributed by atoms with Crippen LogP contribution < -0.4 is 10.2 Å². The Bertz CT molecular complexity index is 1040. The molecule has 1 aromatic rings. The highest BCUT2D eigenvalue weighted by Crippen LogP contribution is 2.65. The molecule has 3 fully saturated rings. The molecular weight excluding hydrogens is 498 g/mol. The average molecular weight is 544 g/mol. The van der Waals surface area contributed by atoms with Crippen LogP contribution in [0.2, 0.25) is 0 Å². The van der Waals surface area contributed by atoms with E-state index in [0.717, 1.165) is 31.6 Å². The summed E-state index contributed by atoms with van der Waals surface area (Å²) in [5.41, 5.74) is -0.225. The van der Waals surface area contributed by atoms with Crippen molar-refractivity contribution in [3.05, 3.63) is 24.3 Å². The van der Waals surface area contributed by atoms with E-state index in [1.807, 2.05) is 38.1 Å². The number of aliphatic hydroxyl groups excluding tert-OH is 1. The minimum absolute atomic E-state index is 0.0240. The lowest BCUT2D eigenvalue weighted by atomic mass is 9.62. The van der Waals surface area contributed by atoms with Crippen molar-refractivity contribution in [3.8, 4) is 0 Å². The first-order valence-electron chi connectivity index (χ1n) is 14.6. The molecule has 2 N–H and O–H groups in total. The highest BCUT2D eigenvalue weighted by molar-refractivity contribution is 6.03. The number of benzene rings is 1. The van der Waals surface area contributed by atoms with Gasteiger partial charge >= 0.3 is 5.97 Å². The van der Waals surface area contributed by atoms with Crippen LogP contribution >= 0.6 is 0 Å². The van der Waals surface area contributed by atoms with Crippen molar-refractivity contribution in [2.75, 3.05) is 43.1 Å². The Hall–Kier alpha value is -2.65. The fourth-order valence-corrected chi connectivity index (χ4v) is 7.17. The summed E-state index contributed by atoms with van der Waals surface area (Å²) in [7, 11) is 0. The van der Waals surface area contributed by atoms with Crippen LogP contribution in [-0.2, 0) is 23.9 Å². The van der Waals surface area contributed by atoms with Gasteiger partial charge in [0.05, 0.1) is 18.1 Å². The number of ether oxygens (including phenoxy) is 2. The molecule has 9 nitrogen and oxygen atoms in total. The summed E-state index contributed by atoms with van der Waals surface area (Å²) < 4.78 is 12.1. The Morgan fingerprint density at radius 2 is 1.79 bits per heavy atom. The fraction of sp³-hybridized carbons (Fsp3) is 0.700. The lowest BCUT2D eigenvalue weighted by Crippen LogP contribution is -2.54. The maximum absolute atomic E-state index is 14.0. The van der Waals surface area contributed by atoms with Gasteiger partial charge in [0.25, 0.3) is 0 Å². The monoisotopic (exact) mass is 543 g/mol. The zero-order valence-corrected chi connectivity index (χ0v) is 24.1. The number of esters is 1. The normalized spacial score (nSPS) is 30.9. The van der Waals surface area contributed by atoms with Gasteiger partial charge in [0.1, 0.15) is 17.6 Å². The molecule has 2 amide bonds. The van der Waals surface area contributed by atoms with Crippen LogP contribution in [-0.4, -0.2) is 77.9 Å². The maximum Gasteiger partial charge on any atom is 0.312 e. The van der Waals surface area contributed by atoms with Crippen LogP contribution in [0.25, 0.3) is 0 Å². The van der Waals surface area contributed by atoms with Crippen LogP contribution in [0.1, 0.15) is 66.7 Å². The molecule has 3 heterocycles. The van der Waals surface area contributed by atoms with Crippen LogP contribution in [0.4, 0.5) is 11.4 Å². The van der Waals surface area contributed by atoms with E-state index in [1.54, 1.807) is 11.8 Å². The summed E-state index contributed by atoms with van der Waals surface area (Å²) in [5.74, 6) is -2.46. The fourth-order valence-electron chi connectivity index (χ4n) is 7.17. The molecule has 9 heteroatoms. The van der Waals surface area contributed by atoms with Crippen molar-refractivity contribution in [2.45, 2.75) is 84.0 Å². The summed E-state index contributed by atoms with van der Waals surface area (Å²) >= 11 is 0. The molecule has 6 atom stereocenters. The second-order valence-corrected chi connectivity index (χ2v) is 11.3. The predicted molar refractivity (Wildman–Crippen MR) is 149 cm³/mol.